The summed E-state index contributed by atoms with van der Waals surface area (Å²) in [4.78, 5) is 14.0. The third-order valence-corrected chi connectivity index (χ3v) is 5.86. The zero-order chi connectivity index (χ0) is 15.2. The fraction of sp³-hybridized carbons (Fsp3) is 0.471. The lowest BCUT2D eigenvalue weighted by Crippen LogP contribution is -2.34. The Morgan fingerprint density at radius 1 is 1.38 bits per heavy atom. The highest BCUT2D eigenvalue weighted by Crippen LogP contribution is 2.48. The van der Waals surface area contributed by atoms with E-state index in [0.29, 0.717) is 6.42 Å². The van der Waals surface area contributed by atoms with Crippen molar-refractivity contribution in [3.8, 4) is 0 Å². The van der Waals surface area contributed by atoms with Gasteiger partial charge in [-0.05, 0) is 30.7 Å². The van der Waals surface area contributed by atoms with Crippen LogP contribution in [0.1, 0.15) is 24.6 Å². The topological polar surface area (TPSA) is 25.2 Å². The van der Waals surface area contributed by atoms with Gasteiger partial charge in [-0.15, -0.1) is 11.8 Å². The molecule has 1 amide bonds. The first-order valence-corrected chi connectivity index (χ1v) is 8.33. The Balaban J connectivity index is 2.15. The normalized spacial score (nSPS) is 21.3. The predicted molar refractivity (Wildman–Crippen MR) is 89.7 cm³/mol. The van der Waals surface area contributed by atoms with Crippen molar-refractivity contribution in [1.29, 1.82) is 0 Å². The van der Waals surface area contributed by atoms with Crippen molar-refractivity contribution in [3.05, 3.63) is 35.5 Å². The number of nitrogens with zero attached hydrogens (tertiary/aromatic N) is 2. The van der Waals surface area contributed by atoms with E-state index < -0.39 is 0 Å². The third kappa shape index (κ3) is 2.26. The van der Waals surface area contributed by atoms with E-state index in [2.05, 4.69) is 42.8 Å². The number of aromatic nitrogens is 1. The molecule has 1 unspecified atom stereocenters. The number of aryl methyl sites for hydroxylation is 2. The summed E-state index contributed by atoms with van der Waals surface area (Å²) in [6.07, 6.45) is 1.65. The molecular weight excluding hydrogens is 280 g/mol. The number of hydrogen-bond donors (Lipinski definition) is 0. The van der Waals surface area contributed by atoms with E-state index in [1.807, 2.05) is 25.9 Å². The highest BCUT2D eigenvalue weighted by atomic mass is 32.2. The molecule has 0 N–H and O–H groups in total. The Morgan fingerprint density at radius 3 is 2.81 bits per heavy atom. The molecule has 0 bridgehead atoms. The lowest BCUT2D eigenvalue weighted by molar-refractivity contribution is -0.129. The van der Waals surface area contributed by atoms with Crippen molar-refractivity contribution >= 4 is 28.6 Å². The molecule has 112 valence electrons. The molecule has 2 heterocycles. The predicted octanol–water partition coefficient (Wildman–Crippen LogP) is 3.16. The van der Waals surface area contributed by atoms with E-state index in [9.17, 15) is 4.79 Å². The van der Waals surface area contributed by atoms with E-state index in [4.69, 9.17) is 0 Å². The molecule has 4 heteroatoms. The summed E-state index contributed by atoms with van der Waals surface area (Å²) in [5.74, 6) is 1.28. The van der Waals surface area contributed by atoms with E-state index in [1.54, 1.807) is 4.90 Å². The van der Waals surface area contributed by atoms with Crippen LogP contribution in [0.25, 0.3) is 10.9 Å². The largest absolute Gasteiger partial charge is 0.349 e. The number of benzene rings is 1. The molecule has 21 heavy (non-hydrogen) atoms. The van der Waals surface area contributed by atoms with Gasteiger partial charge in [-0.1, -0.05) is 18.2 Å². The summed E-state index contributed by atoms with van der Waals surface area (Å²) in [6, 6.07) is 8.57. The molecule has 1 aromatic carbocycles. The van der Waals surface area contributed by atoms with Crippen molar-refractivity contribution in [3.63, 3.8) is 0 Å². The van der Waals surface area contributed by atoms with Crippen LogP contribution in [0, 0.1) is 0 Å². The number of fused-ring (bicyclic) bond motifs is 3. The van der Waals surface area contributed by atoms with Gasteiger partial charge in [0, 0.05) is 44.2 Å². The third-order valence-electron chi connectivity index (χ3n) is 4.47. The minimum absolute atomic E-state index is 0.136. The SMILES string of the molecule is CN(C)C(=O)CC1(C)SCCc2c1n(C)c1ccccc21. The monoisotopic (exact) mass is 302 g/mol. The first-order valence-electron chi connectivity index (χ1n) is 7.35. The maximum Gasteiger partial charge on any atom is 0.223 e. The fourth-order valence-corrected chi connectivity index (χ4v) is 4.81. The smallest absolute Gasteiger partial charge is 0.223 e. The second-order valence-electron chi connectivity index (χ2n) is 6.20. The Morgan fingerprint density at radius 2 is 2.10 bits per heavy atom. The maximum absolute atomic E-state index is 12.3. The highest BCUT2D eigenvalue weighted by molar-refractivity contribution is 8.00. The van der Waals surface area contributed by atoms with Crippen molar-refractivity contribution < 1.29 is 4.79 Å². The quantitative estimate of drug-likeness (QED) is 0.851. The standard InChI is InChI=1S/C17H22N2OS/c1-17(11-15(20)18(2)3)16-13(9-10-21-17)12-7-5-6-8-14(12)19(16)4/h5-8H,9-11H2,1-4H3. The number of thioether (sulfide) groups is 1. The summed E-state index contributed by atoms with van der Waals surface area (Å²) in [6.45, 7) is 2.22. The van der Waals surface area contributed by atoms with E-state index >= 15 is 0 Å². The Labute approximate surface area is 130 Å². The van der Waals surface area contributed by atoms with E-state index in [-0.39, 0.29) is 10.7 Å². The van der Waals surface area contributed by atoms with Gasteiger partial charge in [0.2, 0.25) is 5.91 Å². The fourth-order valence-electron chi connectivity index (χ4n) is 3.43. The molecule has 1 aromatic heterocycles. The average Bonchev–Trinajstić information content (AvgIpc) is 2.74. The van der Waals surface area contributed by atoms with Gasteiger partial charge >= 0.3 is 0 Å². The number of carbonyl (C=O) groups excluding carboxylic acids is 1. The summed E-state index contributed by atoms with van der Waals surface area (Å²) in [5, 5.41) is 1.35. The lowest BCUT2D eigenvalue weighted by atomic mass is 9.95. The molecule has 0 saturated carbocycles. The summed E-state index contributed by atoms with van der Waals surface area (Å²) >= 11 is 1.92. The Hall–Kier alpha value is -1.42. The van der Waals surface area contributed by atoms with Crippen molar-refractivity contribution in [2.45, 2.75) is 24.5 Å². The first-order chi connectivity index (χ1) is 9.94. The molecule has 0 saturated heterocycles. The Bertz CT molecular complexity index is 704. The number of hydrogen-bond acceptors (Lipinski definition) is 2. The molecule has 0 aliphatic carbocycles. The zero-order valence-electron chi connectivity index (χ0n) is 13.1. The van der Waals surface area contributed by atoms with Crippen LogP contribution in [0.4, 0.5) is 0 Å². The second-order valence-corrected chi connectivity index (χ2v) is 7.80. The van der Waals surface area contributed by atoms with Crippen molar-refractivity contribution in [2.75, 3.05) is 19.8 Å². The molecule has 1 aliphatic rings. The number of para-hydroxylation sites is 1. The van der Waals surface area contributed by atoms with Crippen LogP contribution in [-0.2, 0) is 23.0 Å². The van der Waals surface area contributed by atoms with Crippen LogP contribution >= 0.6 is 11.8 Å². The van der Waals surface area contributed by atoms with Gasteiger partial charge in [-0.2, -0.15) is 0 Å². The molecule has 1 atom stereocenters. The highest BCUT2D eigenvalue weighted by Gasteiger charge is 2.39. The second kappa shape index (κ2) is 5.09. The van der Waals surface area contributed by atoms with E-state index in [0.717, 1.165) is 12.2 Å². The van der Waals surface area contributed by atoms with Gasteiger partial charge in [0.25, 0.3) is 0 Å². The van der Waals surface area contributed by atoms with Crippen LogP contribution in [-0.4, -0.2) is 35.2 Å². The summed E-state index contributed by atoms with van der Waals surface area (Å²) in [7, 11) is 5.80. The molecule has 0 radical (unpaired) electrons. The van der Waals surface area contributed by atoms with Crippen LogP contribution in [0.5, 0.6) is 0 Å². The van der Waals surface area contributed by atoms with Crippen molar-refractivity contribution in [2.24, 2.45) is 7.05 Å². The van der Waals surface area contributed by atoms with Gasteiger partial charge in [-0.3, -0.25) is 4.79 Å². The van der Waals surface area contributed by atoms with Gasteiger partial charge in [0.1, 0.15) is 0 Å². The first kappa shape index (κ1) is 14.5. The van der Waals surface area contributed by atoms with Gasteiger partial charge < -0.3 is 9.47 Å². The molecule has 2 aromatic rings. The molecule has 0 spiro atoms. The maximum atomic E-state index is 12.3. The number of carbonyl (C=O) groups is 1. The average molecular weight is 302 g/mol. The lowest BCUT2D eigenvalue weighted by Gasteiger charge is -2.35. The zero-order valence-corrected chi connectivity index (χ0v) is 14.0. The Kier molecular flexibility index (Phi) is 3.52. The van der Waals surface area contributed by atoms with E-state index in [1.165, 1.54) is 22.2 Å². The van der Waals surface area contributed by atoms with Crippen LogP contribution in [0.2, 0.25) is 0 Å². The summed E-state index contributed by atoms with van der Waals surface area (Å²) < 4.78 is 2.16. The molecule has 0 fully saturated rings. The molecule has 3 rings (SSSR count). The van der Waals surface area contributed by atoms with Crippen LogP contribution < -0.4 is 0 Å². The molecule has 1 aliphatic heterocycles. The van der Waals surface area contributed by atoms with Gasteiger partial charge in [0.05, 0.1) is 4.75 Å². The van der Waals surface area contributed by atoms with Crippen LogP contribution in [0.15, 0.2) is 24.3 Å². The van der Waals surface area contributed by atoms with Gasteiger partial charge in [0.15, 0.2) is 0 Å². The van der Waals surface area contributed by atoms with Crippen molar-refractivity contribution in [1.82, 2.24) is 9.47 Å². The minimum Gasteiger partial charge on any atom is -0.349 e. The number of rotatable bonds is 2. The van der Waals surface area contributed by atoms with Gasteiger partial charge in [-0.25, -0.2) is 0 Å². The molecule has 3 nitrogen and oxygen atoms in total. The number of amides is 1. The minimum atomic E-state index is -0.136. The molecular formula is C17H22N2OS. The summed E-state index contributed by atoms with van der Waals surface area (Å²) in [5.41, 5.74) is 4.03. The van der Waals surface area contributed by atoms with Crippen LogP contribution in [0.3, 0.4) is 0 Å².